The van der Waals surface area contributed by atoms with Crippen LogP contribution in [0.3, 0.4) is 0 Å². The first kappa shape index (κ1) is 64.2. The number of carbonyl (C=O) groups is 2. The third kappa shape index (κ3) is 16.3. The number of nitrogens with zero attached hydrogens (tertiary/aromatic N) is 13. The van der Waals surface area contributed by atoms with Gasteiger partial charge >= 0.3 is 6.01 Å². The number of amides is 2. The number of hydrogen-bond acceptors (Lipinski definition) is 14. The van der Waals surface area contributed by atoms with Crippen LogP contribution >= 0.6 is 0 Å². The van der Waals surface area contributed by atoms with Gasteiger partial charge in [-0.2, -0.15) is 34.5 Å². The van der Waals surface area contributed by atoms with E-state index >= 15 is 0 Å². The predicted octanol–water partition coefficient (Wildman–Crippen LogP) is 16.1. The van der Waals surface area contributed by atoms with E-state index in [9.17, 15) is 9.59 Å². The van der Waals surface area contributed by atoms with Crippen LogP contribution in [0.25, 0.3) is 11.9 Å². The van der Waals surface area contributed by atoms with Crippen molar-refractivity contribution in [2.75, 3.05) is 31.7 Å². The number of carbonyl (C=O) groups excluding carboxylic acids is 2. The SMILES string of the molecule is CCCCC(CC)CN(C(=O)c1ccccc1/N=N/c1c(C(C)(C)C)nn(-c2nc(OC)nc(-n3nc(C(C)(C)C)c(/N=N/c4ccccc4C(=O)N(CC(CC)CCCC)C(CC)CCCC)c3N)n2)c1N)C(CC)CCCC. The van der Waals surface area contributed by atoms with E-state index in [-0.39, 0.29) is 53.4 Å². The first-order chi connectivity index (χ1) is 38.2. The first-order valence-electron chi connectivity index (χ1n) is 30.0. The summed E-state index contributed by atoms with van der Waals surface area (Å²) in [7, 11) is 1.45. The van der Waals surface area contributed by atoms with Crippen LogP contribution < -0.4 is 16.2 Å². The Bertz CT molecular complexity index is 2640. The number of ether oxygens (including phenoxy) is 1. The van der Waals surface area contributed by atoms with E-state index in [1.54, 1.807) is 0 Å². The number of methoxy groups -OCH3 is 1. The molecule has 0 radical (unpaired) electrons. The fraction of sp³-hybridized carbons (Fsp3) is 0.629. The number of nitrogen functional groups attached to an aromatic ring is 2. The number of unbranched alkanes of at least 4 members (excludes halogenated alkanes) is 4. The molecule has 4 unspecified atom stereocenters. The Labute approximate surface area is 478 Å². The Morgan fingerprint density at radius 2 is 0.900 bits per heavy atom. The van der Waals surface area contributed by atoms with E-state index in [2.05, 4.69) is 75.2 Å². The van der Waals surface area contributed by atoms with Crippen LogP contribution in [0.2, 0.25) is 0 Å². The maximum atomic E-state index is 14.8. The maximum Gasteiger partial charge on any atom is 0.322 e. The van der Waals surface area contributed by atoms with Gasteiger partial charge in [0.1, 0.15) is 0 Å². The van der Waals surface area contributed by atoms with E-state index < -0.39 is 10.8 Å². The summed E-state index contributed by atoms with van der Waals surface area (Å²) in [6.45, 7) is 31.0. The van der Waals surface area contributed by atoms with Gasteiger partial charge in [0, 0.05) is 36.0 Å². The summed E-state index contributed by atoms with van der Waals surface area (Å²) in [5.41, 5.74) is 16.3. The van der Waals surface area contributed by atoms with Gasteiger partial charge in [-0.3, -0.25) is 9.59 Å². The summed E-state index contributed by atoms with van der Waals surface area (Å²) in [6, 6.07) is 14.9. The van der Waals surface area contributed by atoms with Crippen LogP contribution in [0.15, 0.2) is 69.0 Å². The van der Waals surface area contributed by atoms with E-state index in [0.717, 1.165) is 103 Å². The van der Waals surface area contributed by atoms with Crippen LogP contribution in [-0.4, -0.2) is 88.4 Å². The topological polar surface area (TPSA) is 226 Å². The normalized spacial score (nSPS) is 13.7. The Kier molecular flexibility index (Phi) is 24.3. The predicted molar refractivity (Wildman–Crippen MR) is 324 cm³/mol. The molecule has 0 spiro atoms. The monoisotopic (exact) mass is 1100 g/mol. The number of anilines is 2. The van der Waals surface area contributed by atoms with Crippen molar-refractivity contribution >= 4 is 46.2 Å². The Morgan fingerprint density at radius 1 is 0.537 bits per heavy atom. The van der Waals surface area contributed by atoms with Gasteiger partial charge in [-0.15, -0.1) is 20.5 Å². The van der Waals surface area contributed by atoms with Gasteiger partial charge in [-0.05, 0) is 74.6 Å². The van der Waals surface area contributed by atoms with Crippen molar-refractivity contribution in [1.82, 2.24) is 44.3 Å². The average Bonchev–Trinajstić information content (AvgIpc) is 4.05. The van der Waals surface area contributed by atoms with Crippen molar-refractivity contribution in [2.24, 2.45) is 32.3 Å². The largest absolute Gasteiger partial charge is 0.467 e. The van der Waals surface area contributed by atoms with E-state index in [1.807, 2.05) is 90.1 Å². The van der Waals surface area contributed by atoms with Crippen LogP contribution in [0.1, 0.15) is 232 Å². The van der Waals surface area contributed by atoms with Crippen molar-refractivity contribution in [3.05, 3.63) is 71.0 Å². The van der Waals surface area contributed by atoms with Crippen LogP contribution in [-0.2, 0) is 10.8 Å². The van der Waals surface area contributed by atoms with Gasteiger partial charge in [-0.25, -0.2) is 0 Å². The molecular formula is C62H97N15O3. The zero-order chi connectivity index (χ0) is 58.7. The summed E-state index contributed by atoms with van der Waals surface area (Å²) in [6.07, 6.45) is 16.4. The zero-order valence-electron chi connectivity index (χ0n) is 51.3. The molecule has 18 heteroatoms. The highest BCUT2D eigenvalue weighted by Gasteiger charge is 2.33. The molecule has 0 fully saturated rings. The average molecular weight is 1100 g/mol. The van der Waals surface area contributed by atoms with E-state index in [1.165, 1.54) is 16.5 Å². The molecule has 18 nitrogen and oxygen atoms in total. The summed E-state index contributed by atoms with van der Waals surface area (Å²) in [4.78, 5) is 47.9. The van der Waals surface area contributed by atoms with Crippen LogP contribution in [0, 0.1) is 11.8 Å². The molecule has 0 saturated carbocycles. The van der Waals surface area contributed by atoms with E-state index in [0.29, 0.717) is 70.2 Å². The smallest absolute Gasteiger partial charge is 0.322 e. The molecule has 0 aliphatic rings. The van der Waals surface area contributed by atoms with Gasteiger partial charge in [-0.1, -0.05) is 185 Å². The highest BCUT2D eigenvalue weighted by molar-refractivity contribution is 6.00. The lowest BCUT2D eigenvalue weighted by atomic mass is 9.91. The molecule has 438 valence electrons. The number of rotatable bonds is 31. The molecule has 0 aliphatic carbocycles. The standard InChI is InChI=1S/C62H97N15O3/c1-16-24-32-42(20-5)40-74(44(22-7)34-26-18-3)56(78)46-36-28-30-38-48(46)68-70-50-52(61(9,10)11)72-76(54(50)63)58-65-59(67-60(66-58)80-15)77-55(64)51(53(73-77)62(12,13)14)71-69-49-39-31-29-37-47(49)57(79)75(45(23-8)35-27-19-4)41-43(21-6)33-25-17-2/h28-31,36-39,42-45H,16-27,32-35,40-41,63-64H2,1-15H3/b70-68+,71-69+. The van der Waals surface area contributed by atoms with Crippen molar-refractivity contribution < 1.29 is 14.3 Å². The number of aromatic nitrogens is 7. The van der Waals surface area contributed by atoms with Crippen LogP contribution in [0.5, 0.6) is 6.01 Å². The molecule has 3 aromatic heterocycles. The minimum Gasteiger partial charge on any atom is -0.467 e. The molecule has 5 aromatic rings. The summed E-state index contributed by atoms with van der Waals surface area (Å²) in [5, 5.41) is 29.0. The minimum absolute atomic E-state index is 0.00506. The fourth-order valence-corrected chi connectivity index (χ4v) is 10.2. The molecule has 3 heterocycles. The second-order valence-corrected chi connectivity index (χ2v) is 23.5. The number of azo groups is 2. The van der Waals surface area contributed by atoms with Gasteiger partial charge in [0.05, 0.1) is 41.0 Å². The molecule has 80 heavy (non-hydrogen) atoms. The lowest BCUT2D eigenvalue weighted by Crippen LogP contribution is -2.43. The second-order valence-electron chi connectivity index (χ2n) is 23.5. The lowest BCUT2D eigenvalue weighted by molar-refractivity contribution is 0.0607. The van der Waals surface area contributed by atoms with Crippen molar-refractivity contribution in [3.63, 3.8) is 0 Å². The molecule has 0 bridgehead atoms. The zero-order valence-corrected chi connectivity index (χ0v) is 51.3. The highest BCUT2D eigenvalue weighted by Crippen LogP contribution is 2.41. The molecule has 2 aromatic carbocycles. The lowest BCUT2D eigenvalue weighted by Gasteiger charge is -2.34. The maximum absolute atomic E-state index is 14.8. The second kappa shape index (κ2) is 30.3. The van der Waals surface area contributed by atoms with Gasteiger partial charge in [0.2, 0.25) is 0 Å². The molecular weight excluding hydrogens is 1000 g/mol. The highest BCUT2D eigenvalue weighted by atomic mass is 16.5. The van der Waals surface area contributed by atoms with Crippen molar-refractivity contribution in [1.29, 1.82) is 0 Å². The number of nitrogens with two attached hydrogens (primary N) is 2. The Hall–Kier alpha value is -6.59. The fourth-order valence-electron chi connectivity index (χ4n) is 10.2. The van der Waals surface area contributed by atoms with E-state index in [4.69, 9.17) is 51.8 Å². The third-order valence-corrected chi connectivity index (χ3v) is 15.3. The molecule has 0 aliphatic heterocycles. The quantitative estimate of drug-likeness (QED) is 0.0399. The van der Waals surface area contributed by atoms with Gasteiger partial charge < -0.3 is 26.0 Å². The molecule has 0 saturated heterocycles. The van der Waals surface area contributed by atoms with Gasteiger partial charge in [0.15, 0.2) is 23.0 Å². The van der Waals surface area contributed by atoms with Gasteiger partial charge in [0.25, 0.3) is 23.7 Å². The van der Waals surface area contributed by atoms with Crippen LogP contribution in [0.4, 0.5) is 34.4 Å². The third-order valence-electron chi connectivity index (χ3n) is 15.3. The summed E-state index contributed by atoms with van der Waals surface area (Å²) >= 11 is 0. The molecule has 2 amide bonds. The van der Waals surface area contributed by atoms with Crippen molar-refractivity contribution in [3.8, 4) is 17.9 Å². The first-order valence-corrected chi connectivity index (χ1v) is 30.0. The summed E-state index contributed by atoms with van der Waals surface area (Å²) < 4.78 is 8.41. The molecule has 4 atom stereocenters. The molecule has 5 rings (SSSR count). The van der Waals surface area contributed by atoms with Crippen molar-refractivity contribution in [2.45, 2.75) is 223 Å². The summed E-state index contributed by atoms with van der Waals surface area (Å²) in [5.74, 6) is 0.892. The number of hydrogen-bond donors (Lipinski definition) is 2. The molecule has 4 N–H and O–H groups in total. The Morgan fingerprint density at radius 3 is 1.23 bits per heavy atom. The minimum atomic E-state index is -0.587. The number of benzene rings is 2. The Balaban J connectivity index is 1.59.